The smallest absolute Gasteiger partial charge is 0.227 e. The lowest BCUT2D eigenvalue weighted by atomic mass is 10.2. The highest BCUT2D eigenvalue weighted by atomic mass is 79.9. The molecule has 1 aromatic heterocycles. The molecule has 3 aromatic carbocycles. The number of benzene rings is 3. The maximum atomic E-state index is 10.2. The first-order chi connectivity index (χ1) is 13.4. The number of hydrogen-bond acceptors (Lipinski definition) is 5. The second-order valence-electron chi connectivity index (χ2n) is 5.90. The molecule has 0 spiro atoms. The number of phenolic OH excluding ortho intramolecular Hbond substituents is 2. The van der Waals surface area contributed by atoms with Gasteiger partial charge in [-0.15, -0.1) is 0 Å². The van der Waals surface area contributed by atoms with Crippen molar-refractivity contribution in [3.05, 3.63) is 67.5 Å². The average molecular weight is 567 g/mol. The maximum absolute atomic E-state index is 10.2. The standard InChI is InChI=1S/C20H11Br3N2O3/c21-12-3-1-2-10(6-12)20-25-15-8-13(4-5-16(15)28-20)24-9-11-7-14(22)19(27)17(23)18(11)26/h1-9,26-27H. The van der Waals surface area contributed by atoms with E-state index in [0.717, 1.165) is 10.0 Å². The van der Waals surface area contributed by atoms with Gasteiger partial charge < -0.3 is 14.6 Å². The summed E-state index contributed by atoms with van der Waals surface area (Å²) in [4.78, 5) is 8.94. The van der Waals surface area contributed by atoms with Crippen LogP contribution in [-0.4, -0.2) is 21.4 Å². The van der Waals surface area contributed by atoms with Crippen LogP contribution >= 0.6 is 47.8 Å². The zero-order valence-corrected chi connectivity index (χ0v) is 18.8. The van der Waals surface area contributed by atoms with Gasteiger partial charge in [-0.2, -0.15) is 0 Å². The van der Waals surface area contributed by atoms with Crippen molar-refractivity contribution < 1.29 is 14.6 Å². The predicted molar refractivity (Wildman–Crippen MR) is 120 cm³/mol. The van der Waals surface area contributed by atoms with Gasteiger partial charge in [-0.25, -0.2) is 4.98 Å². The Morgan fingerprint density at radius 3 is 2.57 bits per heavy atom. The van der Waals surface area contributed by atoms with Crippen molar-refractivity contribution in [2.75, 3.05) is 0 Å². The zero-order valence-electron chi connectivity index (χ0n) is 14.0. The highest BCUT2D eigenvalue weighted by Gasteiger charge is 2.13. The van der Waals surface area contributed by atoms with E-state index in [2.05, 4.69) is 57.8 Å². The Hall–Kier alpha value is -2.16. The molecule has 4 rings (SSSR count). The molecule has 8 heteroatoms. The number of aliphatic imine (C=N–C) groups is 1. The number of fused-ring (bicyclic) bond motifs is 1. The van der Waals surface area contributed by atoms with Crippen LogP contribution in [0.4, 0.5) is 5.69 Å². The van der Waals surface area contributed by atoms with Crippen LogP contribution in [0.2, 0.25) is 0 Å². The van der Waals surface area contributed by atoms with Gasteiger partial charge in [0, 0.05) is 21.8 Å². The molecule has 0 saturated heterocycles. The van der Waals surface area contributed by atoms with E-state index in [4.69, 9.17) is 4.42 Å². The Kier molecular flexibility index (Phi) is 5.27. The fourth-order valence-corrected chi connectivity index (χ4v) is 4.15. The van der Waals surface area contributed by atoms with E-state index in [9.17, 15) is 10.2 Å². The molecule has 0 aliphatic rings. The Morgan fingerprint density at radius 2 is 1.79 bits per heavy atom. The number of oxazole rings is 1. The van der Waals surface area contributed by atoms with Crippen molar-refractivity contribution in [3.63, 3.8) is 0 Å². The molecule has 0 aliphatic carbocycles. The molecule has 0 radical (unpaired) electrons. The molecule has 140 valence electrons. The van der Waals surface area contributed by atoms with E-state index in [1.807, 2.05) is 24.3 Å². The Bertz CT molecular complexity index is 1240. The maximum Gasteiger partial charge on any atom is 0.227 e. The van der Waals surface area contributed by atoms with Gasteiger partial charge in [-0.3, -0.25) is 4.99 Å². The number of halogens is 3. The first-order valence-electron chi connectivity index (χ1n) is 8.03. The minimum Gasteiger partial charge on any atom is -0.506 e. The lowest BCUT2D eigenvalue weighted by Gasteiger charge is -2.06. The molecule has 28 heavy (non-hydrogen) atoms. The lowest BCUT2D eigenvalue weighted by molar-refractivity contribution is 0.442. The predicted octanol–water partition coefficient (Wildman–Crippen LogP) is 6.94. The van der Waals surface area contributed by atoms with Gasteiger partial charge in [-0.1, -0.05) is 22.0 Å². The van der Waals surface area contributed by atoms with Crippen LogP contribution in [0.25, 0.3) is 22.6 Å². The summed E-state index contributed by atoms with van der Waals surface area (Å²) in [6.45, 7) is 0. The van der Waals surface area contributed by atoms with Gasteiger partial charge >= 0.3 is 0 Å². The number of aromatic hydroxyl groups is 2. The molecular weight excluding hydrogens is 556 g/mol. The number of rotatable bonds is 3. The summed E-state index contributed by atoms with van der Waals surface area (Å²) in [5.74, 6) is 0.365. The normalized spacial score (nSPS) is 11.5. The van der Waals surface area contributed by atoms with Crippen LogP contribution in [-0.2, 0) is 0 Å². The summed E-state index contributed by atoms with van der Waals surface area (Å²) >= 11 is 9.84. The Morgan fingerprint density at radius 1 is 0.964 bits per heavy atom. The summed E-state index contributed by atoms with van der Waals surface area (Å²) in [6.07, 6.45) is 1.51. The van der Waals surface area contributed by atoms with Crippen molar-refractivity contribution in [3.8, 4) is 23.0 Å². The second kappa shape index (κ2) is 7.69. The molecular formula is C20H11Br3N2O3. The number of aromatic nitrogens is 1. The van der Waals surface area contributed by atoms with E-state index in [1.165, 1.54) is 6.21 Å². The van der Waals surface area contributed by atoms with Crippen molar-refractivity contribution in [1.29, 1.82) is 0 Å². The highest BCUT2D eigenvalue weighted by Crippen LogP contribution is 2.40. The SMILES string of the molecule is Oc1c(Br)cc(C=Nc2ccc3oc(-c4cccc(Br)c4)nc3c2)c(O)c1Br. The molecule has 0 aliphatic heterocycles. The summed E-state index contributed by atoms with van der Waals surface area (Å²) < 4.78 is 7.43. The Labute approximate surface area is 185 Å². The molecule has 5 nitrogen and oxygen atoms in total. The van der Waals surface area contributed by atoms with Crippen molar-refractivity contribution >= 4 is 70.8 Å². The van der Waals surface area contributed by atoms with Crippen molar-refractivity contribution in [2.24, 2.45) is 4.99 Å². The topological polar surface area (TPSA) is 78.9 Å². The van der Waals surface area contributed by atoms with E-state index in [-0.39, 0.29) is 16.0 Å². The third kappa shape index (κ3) is 3.72. The summed E-state index contributed by atoms with van der Waals surface area (Å²) in [7, 11) is 0. The van der Waals surface area contributed by atoms with E-state index >= 15 is 0 Å². The minimum absolute atomic E-state index is 0.0706. The molecule has 2 N–H and O–H groups in total. The molecule has 0 fully saturated rings. The number of nitrogens with zero attached hydrogens (tertiary/aromatic N) is 2. The second-order valence-corrected chi connectivity index (χ2v) is 8.46. The van der Waals surface area contributed by atoms with Gasteiger partial charge in [0.2, 0.25) is 5.89 Å². The molecule has 4 aromatic rings. The largest absolute Gasteiger partial charge is 0.506 e. The number of hydrogen-bond donors (Lipinski definition) is 2. The van der Waals surface area contributed by atoms with Crippen LogP contribution in [0.5, 0.6) is 11.5 Å². The van der Waals surface area contributed by atoms with E-state index in [1.54, 1.807) is 24.3 Å². The van der Waals surface area contributed by atoms with Gasteiger partial charge in [0.1, 0.15) is 21.5 Å². The molecule has 1 heterocycles. The third-order valence-corrected chi connectivity index (χ3v) is 5.84. The molecule has 0 bridgehead atoms. The molecule has 0 atom stereocenters. The molecule has 0 unspecified atom stereocenters. The highest BCUT2D eigenvalue weighted by molar-refractivity contribution is 9.11. The first-order valence-corrected chi connectivity index (χ1v) is 10.4. The van der Waals surface area contributed by atoms with Crippen LogP contribution in [0, 0.1) is 0 Å². The van der Waals surface area contributed by atoms with Crippen molar-refractivity contribution in [1.82, 2.24) is 4.98 Å². The van der Waals surface area contributed by atoms with Crippen molar-refractivity contribution in [2.45, 2.75) is 0 Å². The summed E-state index contributed by atoms with van der Waals surface area (Å²) in [5.41, 5.74) is 3.32. The first kappa shape index (κ1) is 19.2. The molecule has 0 saturated carbocycles. The fraction of sp³-hybridized carbons (Fsp3) is 0. The summed E-state index contributed by atoms with van der Waals surface area (Å²) in [5, 5.41) is 20.0. The van der Waals surface area contributed by atoms with Crippen LogP contribution < -0.4 is 0 Å². The number of phenols is 2. The monoisotopic (exact) mass is 564 g/mol. The van der Waals surface area contributed by atoms with Crippen LogP contribution in [0.1, 0.15) is 5.56 Å². The van der Waals surface area contributed by atoms with Gasteiger partial charge in [-0.05, 0) is 74.3 Å². The quantitative estimate of drug-likeness (QED) is 0.263. The van der Waals surface area contributed by atoms with Gasteiger partial charge in [0.25, 0.3) is 0 Å². The average Bonchev–Trinajstić information content (AvgIpc) is 3.11. The van der Waals surface area contributed by atoms with Gasteiger partial charge in [0.15, 0.2) is 5.58 Å². The van der Waals surface area contributed by atoms with Crippen LogP contribution in [0.3, 0.4) is 0 Å². The third-order valence-electron chi connectivity index (χ3n) is 3.99. The minimum atomic E-state index is -0.0936. The van der Waals surface area contributed by atoms with E-state index in [0.29, 0.717) is 32.7 Å². The zero-order chi connectivity index (χ0) is 19.8. The van der Waals surface area contributed by atoms with Crippen LogP contribution in [0.15, 0.2) is 71.4 Å². The fourth-order valence-electron chi connectivity index (χ4n) is 2.60. The lowest BCUT2D eigenvalue weighted by Crippen LogP contribution is -1.85. The van der Waals surface area contributed by atoms with Gasteiger partial charge in [0.05, 0.1) is 10.2 Å². The summed E-state index contributed by atoms with van der Waals surface area (Å²) in [6, 6.07) is 14.7. The molecule has 0 amide bonds. The Balaban J connectivity index is 1.68. The van der Waals surface area contributed by atoms with E-state index < -0.39 is 0 Å².